The van der Waals surface area contributed by atoms with Crippen LogP contribution in [0.4, 0.5) is 4.79 Å². The van der Waals surface area contributed by atoms with Crippen LogP contribution >= 0.6 is 0 Å². The van der Waals surface area contributed by atoms with E-state index in [0.29, 0.717) is 37.5 Å². The minimum absolute atomic E-state index is 0.0625. The lowest BCUT2D eigenvalue weighted by atomic mass is 9.88. The fourth-order valence-corrected chi connectivity index (χ4v) is 3.28. The Labute approximate surface area is 141 Å². The largest absolute Gasteiger partial charge is 0.496 e. The van der Waals surface area contributed by atoms with Gasteiger partial charge < -0.3 is 24.2 Å². The van der Waals surface area contributed by atoms with Crippen LogP contribution in [-0.2, 0) is 11.2 Å². The fraction of sp³-hybridized carbons (Fsp3) is 0.529. The Bertz CT molecular complexity index is 642. The number of carboxylic acids is 1. The Balaban J connectivity index is 2.62. The maximum Gasteiger partial charge on any atom is 0.410 e. The zero-order chi connectivity index (χ0) is 17.9. The van der Waals surface area contributed by atoms with Crippen molar-refractivity contribution < 1.29 is 28.9 Å². The summed E-state index contributed by atoms with van der Waals surface area (Å²) in [4.78, 5) is 25.4. The second-order valence-corrected chi connectivity index (χ2v) is 5.42. The average Bonchev–Trinajstić information content (AvgIpc) is 2.58. The fourth-order valence-electron chi connectivity index (χ4n) is 3.28. The lowest BCUT2D eigenvalue weighted by molar-refractivity contribution is 0.0689. The van der Waals surface area contributed by atoms with Gasteiger partial charge in [0.25, 0.3) is 0 Å². The molecule has 0 bridgehead atoms. The van der Waals surface area contributed by atoms with Gasteiger partial charge in [-0.1, -0.05) is 6.92 Å². The summed E-state index contributed by atoms with van der Waals surface area (Å²) in [7, 11) is 2.94. The third-order valence-corrected chi connectivity index (χ3v) is 4.24. The number of hydrogen-bond donors (Lipinski definition) is 1. The summed E-state index contributed by atoms with van der Waals surface area (Å²) in [5.74, 6) is -0.293. The van der Waals surface area contributed by atoms with Crippen LogP contribution in [-0.4, -0.2) is 49.4 Å². The number of rotatable bonds is 5. The maximum absolute atomic E-state index is 12.2. The summed E-state index contributed by atoms with van der Waals surface area (Å²) >= 11 is 0. The van der Waals surface area contributed by atoms with Crippen LogP contribution < -0.4 is 9.47 Å². The summed E-state index contributed by atoms with van der Waals surface area (Å²) in [5.41, 5.74) is 1.63. The van der Waals surface area contributed by atoms with Crippen LogP contribution in [0.3, 0.4) is 0 Å². The Morgan fingerprint density at radius 2 is 2.00 bits per heavy atom. The van der Waals surface area contributed by atoms with E-state index in [0.717, 1.165) is 11.1 Å². The molecular formula is C17H23NO6. The molecule has 0 saturated carbocycles. The molecule has 1 aromatic rings. The molecule has 0 aromatic heterocycles. The zero-order valence-electron chi connectivity index (χ0n) is 14.4. The predicted molar refractivity (Wildman–Crippen MR) is 87.0 cm³/mol. The van der Waals surface area contributed by atoms with Crippen molar-refractivity contribution in [2.24, 2.45) is 0 Å². The lowest BCUT2D eigenvalue weighted by Crippen LogP contribution is -2.40. The minimum atomic E-state index is -1.08. The van der Waals surface area contributed by atoms with E-state index in [1.165, 1.54) is 20.3 Å². The molecule has 1 aliphatic rings. The number of amides is 1. The van der Waals surface area contributed by atoms with E-state index in [2.05, 4.69) is 0 Å². The van der Waals surface area contributed by atoms with Crippen LogP contribution in [0, 0.1) is 0 Å². The number of carbonyl (C=O) groups is 2. The average molecular weight is 337 g/mol. The Hall–Kier alpha value is -2.44. The Morgan fingerprint density at radius 1 is 1.29 bits per heavy atom. The molecule has 0 fully saturated rings. The quantitative estimate of drug-likeness (QED) is 0.889. The SMILES string of the molecule is CCOC(=O)N1CCc2c(OC)c(C(=O)O)cc(OC)c2C1CC. The molecule has 7 heteroatoms. The van der Waals surface area contributed by atoms with Crippen LogP contribution in [0.1, 0.15) is 47.8 Å². The van der Waals surface area contributed by atoms with E-state index in [9.17, 15) is 14.7 Å². The smallest absolute Gasteiger partial charge is 0.410 e. The zero-order valence-corrected chi connectivity index (χ0v) is 14.4. The number of carboxylic acid groups (broad SMARTS) is 1. The molecule has 1 N–H and O–H groups in total. The van der Waals surface area contributed by atoms with Gasteiger partial charge in [-0.3, -0.25) is 0 Å². The van der Waals surface area contributed by atoms with Crippen molar-refractivity contribution in [3.63, 3.8) is 0 Å². The molecule has 132 valence electrons. The van der Waals surface area contributed by atoms with E-state index in [-0.39, 0.29) is 17.7 Å². The second-order valence-electron chi connectivity index (χ2n) is 5.42. The molecule has 1 atom stereocenters. The first-order valence-electron chi connectivity index (χ1n) is 7.94. The van der Waals surface area contributed by atoms with Crippen molar-refractivity contribution in [1.82, 2.24) is 4.90 Å². The highest BCUT2D eigenvalue weighted by Crippen LogP contribution is 2.44. The number of benzene rings is 1. The maximum atomic E-state index is 12.2. The number of nitrogens with zero attached hydrogens (tertiary/aromatic N) is 1. The highest BCUT2D eigenvalue weighted by molar-refractivity contribution is 5.92. The Morgan fingerprint density at radius 3 is 2.50 bits per heavy atom. The van der Waals surface area contributed by atoms with Gasteiger partial charge in [0, 0.05) is 17.7 Å². The first-order valence-corrected chi connectivity index (χ1v) is 7.94. The number of fused-ring (bicyclic) bond motifs is 1. The number of methoxy groups -OCH3 is 2. The molecule has 0 spiro atoms. The third-order valence-electron chi connectivity index (χ3n) is 4.24. The Kier molecular flexibility index (Phi) is 5.54. The molecule has 1 amide bonds. The van der Waals surface area contributed by atoms with Crippen LogP contribution in [0.2, 0.25) is 0 Å². The van der Waals surface area contributed by atoms with Crippen molar-refractivity contribution in [1.29, 1.82) is 0 Å². The highest BCUT2D eigenvalue weighted by atomic mass is 16.6. The summed E-state index contributed by atoms with van der Waals surface area (Å²) in [6.07, 6.45) is 0.751. The standard InChI is InChI=1S/C17H23NO6/c1-5-12-14-10(7-8-18(12)17(21)24-6-2)15(23-4)11(16(19)20)9-13(14)22-3/h9,12H,5-8H2,1-4H3,(H,19,20). The summed E-state index contributed by atoms with van der Waals surface area (Å²) in [6, 6.07) is 1.21. The van der Waals surface area contributed by atoms with Gasteiger partial charge in [-0.15, -0.1) is 0 Å². The molecular weight excluding hydrogens is 314 g/mol. The third kappa shape index (κ3) is 2.98. The molecule has 2 rings (SSSR count). The summed E-state index contributed by atoms with van der Waals surface area (Å²) < 4.78 is 15.9. The van der Waals surface area contributed by atoms with Gasteiger partial charge in [0.05, 0.1) is 26.9 Å². The van der Waals surface area contributed by atoms with Crippen LogP contribution in [0.15, 0.2) is 6.07 Å². The second kappa shape index (κ2) is 7.42. The molecule has 1 aromatic carbocycles. The topological polar surface area (TPSA) is 85.3 Å². The summed E-state index contributed by atoms with van der Waals surface area (Å²) in [5, 5.41) is 9.43. The van der Waals surface area contributed by atoms with Gasteiger partial charge in [-0.2, -0.15) is 0 Å². The summed E-state index contributed by atoms with van der Waals surface area (Å²) in [6.45, 7) is 4.46. The van der Waals surface area contributed by atoms with Gasteiger partial charge in [0.15, 0.2) is 0 Å². The molecule has 7 nitrogen and oxygen atoms in total. The minimum Gasteiger partial charge on any atom is -0.496 e. The van der Waals surface area contributed by atoms with E-state index in [4.69, 9.17) is 14.2 Å². The van der Waals surface area contributed by atoms with Crippen LogP contribution in [0.25, 0.3) is 0 Å². The van der Waals surface area contributed by atoms with E-state index < -0.39 is 5.97 Å². The lowest BCUT2D eigenvalue weighted by Gasteiger charge is -2.37. The van der Waals surface area contributed by atoms with E-state index in [1.54, 1.807) is 11.8 Å². The van der Waals surface area contributed by atoms with E-state index >= 15 is 0 Å². The van der Waals surface area contributed by atoms with Gasteiger partial charge >= 0.3 is 12.1 Å². The van der Waals surface area contributed by atoms with Crippen molar-refractivity contribution in [3.8, 4) is 11.5 Å². The van der Waals surface area contributed by atoms with Crippen LogP contribution in [0.5, 0.6) is 11.5 Å². The first kappa shape index (κ1) is 17.9. The van der Waals surface area contributed by atoms with Gasteiger partial charge in [-0.25, -0.2) is 9.59 Å². The number of carbonyl (C=O) groups excluding carboxylic acids is 1. The predicted octanol–water partition coefficient (Wildman–Crippen LogP) is 2.87. The molecule has 0 saturated heterocycles. The van der Waals surface area contributed by atoms with Crippen molar-refractivity contribution >= 4 is 12.1 Å². The normalized spacial score (nSPS) is 16.3. The molecule has 1 heterocycles. The molecule has 24 heavy (non-hydrogen) atoms. The van der Waals surface area contributed by atoms with Gasteiger partial charge in [-0.05, 0) is 25.8 Å². The first-order chi connectivity index (χ1) is 11.5. The van der Waals surface area contributed by atoms with Crippen molar-refractivity contribution in [2.45, 2.75) is 32.7 Å². The van der Waals surface area contributed by atoms with Gasteiger partial charge in [0.1, 0.15) is 17.1 Å². The molecule has 1 unspecified atom stereocenters. The number of aromatic carboxylic acids is 1. The highest BCUT2D eigenvalue weighted by Gasteiger charge is 2.36. The monoisotopic (exact) mass is 337 g/mol. The number of hydrogen-bond acceptors (Lipinski definition) is 5. The molecule has 0 aliphatic carbocycles. The number of ether oxygens (including phenoxy) is 3. The van der Waals surface area contributed by atoms with Crippen molar-refractivity contribution in [2.75, 3.05) is 27.4 Å². The van der Waals surface area contributed by atoms with Gasteiger partial charge in [0.2, 0.25) is 0 Å². The van der Waals surface area contributed by atoms with E-state index in [1.807, 2.05) is 6.92 Å². The molecule has 1 aliphatic heterocycles. The van der Waals surface area contributed by atoms with Crippen molar-refractivity contribution in [3.05, 3.63) is 22.8 Å². The molecule has 0 radical (unpaired) electrons.